The number of nitrogens with one attached hydrogen (secondary N) is 1. The van der Waals surface area contributed by atoms with Crippen LogP contribution in [0.25, 0.3) is 11.1 Å². The van der Waals surface area contributed by atoms with Crippen molar-refractivity contribution in [3.05, 3.63) is 163 Å². The van der Waals surface area contributed by atoms with Gasteiger partial charge >= 0.3 is 11.9 Å². The molecule has 0 saturated carbocycles. The van der Waals surface area contributed by atoms with Crippen molar-refractivity contribution >= 4 is 41.4 Å². The van der Waals surface area contributed by atoms with Crippen molar-refractivity contribution in [2.45, 2.75) is 78.3 Å². The van der Waals surface area contributed by atoms with Gasteiger partial charge in [-0.3, -0.25) is 29.4 Å². The summed E-state index contributed by atoms with van der Waals surface area (Å²) in [5, 5.41) is 56.4. The van der Waals surface area contributed by atoms with Gasteiger partial charge in [0.15, 0.2) is 0 Å². The minimum atomic E-state index is -1.08. The number of aliphatic hydroxyl groups is 2. The van der Waals surface area contributed by atoms with E-state index >= 15 is 0 Å². The van der Waals surface area contributed by atoms with Crippen LogP contribution >= 0.6 is 23.2 Å². The summed E-state index contributed by atoms with van der Waals surface area (Å²) in [7, 11) is 3.29. The van der Waals surface area contributed by atoms with Crippen LogP contribution in [0.2, 0.25) is 10.0 Å². The van der Waals surface area contributed by atoms with E-state index in [1.807, 2.05) is 50.2 Å². The van der Waals surface area contributed by atoms with Crippen LogP contribution in [0, 0.1) is 30.6 Å². The Hall–Kier alpha value is -7.10. The highest BCUT2D eigenvalue weighted by Gasteiger charge is 2.26. The maximum absolute atomic E-state index is 12.0. The van der Waals surface area contributed by atoms with Crippen molar-refractivity contribution in [2.75, 3.05) is 27.3 Å². The molecule has 0 saturated heterocycles. The number of hydrogen-bond donors (Lipinski definition) is 5. The predicted molar refractivity (Wildman–Crippen MR) is 272 cm³/mol. The number of likely N-dealkylation sites (N-methyl/N-ethyl adjacent to an activating group) is 2. The summed E-state index contributed by atoms with van der Waals surface area (Å²) < 4.78 is 25.3. The Kier molecular flexibility index (Phi) is 19.5. The number of carboxylic acid groups (broad SMARTS) is 2. The van der Waals surface area contributed by atoms with Gasteiger partial charge in [-0.25, -0.2) is 0 Å². The third-order valence-corrected chi connectivity index (χ3v) is 12.7. The number of carboxylic acids is 2. The number of aliphatic hydroxyl groups excluding tert-OH is 2. The van der Waals surface area contributed by atoms with Crippen molar-refractivity contribution in [1.29, 1.82) is 10.7 Å². The van der Waals surface area contributed by atoms with E-state index in [4.69, 9.17) is 47.6 Å². The molecule has 6 rings (SSSR count). The lowest BCUT2D eigenvalue weighted by molar-refractivity contribution is -0.144. The Morgan fingerprint density at radius 2 is 1.10 bits per heavy atom. The molecule has 2 aromatic heterocycles. The molecule has 0 aliphatic carbocycles. The van der Waals surface area contributed by atoms with Gasteiger partial charge in [0.25, 0.3) is 0 Å². The summed E-state index contributed by atoms with van der Waals surface area (Å²) in [6, 6.07) is 22.2. The molecule has 0 spiro atoms. The second-order valence-electron chi connectivity index (χ2n) is 17.1. The van der Waals surface area contributed by atoms with Gasteiger partial charge in [0.2, 0.25) is 0 Å². The second-order valence-corrected chi connectivity index (χ2v) is 18.0. The first-order valence-electron chi connectivity index (χ1n) is 22.8. The van der Waals surface area contributed by atoms with E-state index in [-0.39, 0.29) is 75.6 Å². The Bertz CT molecular complexity index is 2930. The van der Waals surface area contributed by atoms with Gasteiger partial charge < -0.3 is 44.8 Å². The van der Waals surface area contributed by atoms with Crippen molar-refractivity contribution in [1.82, 2.24) is 19.8 Å². The Morgan fingerprint density at radius 1 is 0.653 bits per heavy atom. The summed E-state index contributed by atoms with van der Waals surface area (Å²) in [4.78, 5) is 35.6. The molecule has 5 N–H and O–H groups in total. The summed E-state index contributed by atoms with van der Waals surface area (Å²) in [6.07, 6.45) is 7.50. The molecule has 376 valence electrons. The SMILES string of the molecule is Cc1c(COc2cc(OCc3cncc(C#N)c3)c(CN(C)[C@@H](CCO)C(=O)O)cc2Cl)cccc1-c1cccc(COc2cc(OCc3cncc(C=N)c3)c(CN(C)[C@@H](CCO)C(=O)O)cc2Cl)c1C. The molecule has 0 unspecified atom stereocenters. The monoisotopic (exact) mass is 1020 g/mol. The molecule has 0 aliphatic heterocycles. The number of pyridine rings is 2. The topological polar surface area (TPSA) is 232 Å². The van der Waals surface area contributed by atoms with E-state index in [1.165, 1.54) is 12.4 Å². The zero-order valence-corrected chi connectivity index (χ0v) is 41.8. The fraction of sp³-hybridized carbons (Fsp3) is 0.296. The van der Waals surface area contributed by atoms with Crippen LogP contribution in [0.5, 0.6) is 23.0 Å². The third kappa shape index (κ3) is 14.1. The second kappa shape index (κ2) is 25.8. The van der Waals surface area contributed by atoms with E-state index in [2.05, 4.69) is 16.0 Å². The van der Waals surface area contributed by atoms with Crippen LogP contribution in [0.4, 0.5) is 0 Å². The Balaban J connectivity index is 1.23. The van der Waals surface area contributed by atoms with Crippen LogP contribution in [0.1, 0.15) is 68.5 Å². The van der Waals surface area contributed by atoms with Crippen LogP contribution in [-0.2, 0) is 49.1 Å². The molecule has 0 bridgehead atoms. The van der Waals surface area contributed by atoms with Gasteiger partial charge in [0.1, 0.15) is 67.6 Å². The predicted octanol–water partition coefficient (Wildman–Crippen LogP) is 8.79. The summed E-state index contributed by atoms with van der Waals surface area (Å²) in [5.41, 5.74) is 9.19. The molecular weight excluding hydrogens is 964 g/mol. The number of aliphatic carboxylic acids is 2. The van der Waals surface area contributed by atoms with Crippen molar-refractivity contribution in [2.24, 2.45) is 0 Å². The molecule has 2 atom stereocenters. The highest BCUT2D eigenvalue weighted by molar-refractivity contribution is 6.32. The summed E-state index contributed by atoms with van der Waals surface area (Å²) in [5.74, 6) is -0.671. The fourth-order valence-corrected chi connectivity index (χ4v) is 8.63. The van der Waals surface area contributed by atoms with Crippen molar-refractivity contribution < 1.29 is 49.0 Å². The maximum Gasteiger partial charge on any atom is 0.321 e. The van der Waals surface area contributed by atoms with E-state index < -0.39 is 24.0 Å². The summed E-state index contributed by atoms with van der Waals surface area (Å²) >= 11 is 13.7. The van der Waals surface area contributed by atoms with Gasteiger partial charge in [-0.2, -0.15) is 5.26 Å². The van der Waals surface area contributed by atoms with Gasteiger partial charge in [0, 0.05) is 97.3 Å². The van der Waals surface area contributed by atoms with Gasteiger partial charge in [-0.05, 0) is 98.4 Å². The lowest BCUT2D eigenvalue weighted by Gasteiger charge is -2.25. The van der Waals surface area contributed by atoms with E-state index in [1.54, 1.807) is 78.9 Å². The zero-order chi connectivity index (χ0) is 51.9. The van der Waals surface area contributed by atoms with Crippen LogP contribution in [-0.4, -0.2) is 97.7 Å². The van der Waals surface area contributed by atoms with E-state index in [9.17, 15) is 35.3 Å². The normalized spacial score (nSPS) is 12.0. The Labute approximate surface area is 428 Å². The molecular formula is C54H56Cl2N6O10. The Morgan fingerprint density at radius 3 is 1.53 bits per heavy atom. The first kappa shape index (κ1) is 54.2. The number of aromatic nitrogens is 2. The molecule has 16 nitrogen and oxygen atoms in total. The van der Waals surface area contributed by atoms with Crippen molar-refractivity contribution in [3.8, 4) is 40.2 Å². The number of benzene rings is 4. The molecule has 72 heavy (non-hydrogen) atoms. The van der Waals surface area contributed by atoms with Crippen LogP contribution < -0.4 is 18.9 Å². The molecule has 18 heteroatoms. The molecule has 0 fully saturated rings. The number of halogens is 2. The molecule has 4 aromatic carbocycles. The first-order valence-corrected chi connectivity index (χ1v) is 23.6. The molecule has 6 aromatic rings. The number of nitriles is 1. The number of nitrogens with zero attached hydrogens (tertiary/aromatic N) is 5. The molecule has 2 heterocycles. The standard InChI is InChI=1S/C54H56Cl2N6O10/c1-33-39(31-71-51-19-49(69-29-37-15-35(21-57)23-59-25-37)41(17-45(51)55)27-61(3)47(11-13-63)53(65)66)7-5-9-43(33)44-10-6-8-40(34(44)2)32-72-52-20-50(70-30-38-16-36(22-58)24-60-26-38)42(18-46(52)56)28-62(4)48(12-14-64)54(67)68/h5-10,15-21,23-26,47-48,57,63-64H,11-14,27-32H2,1-4H3,(H,65,66)(H,67,68)/t47-,48-/m0/s1. The smallest absolute Gasteiger partial charge is 0.321 e. The molecule has 0 radical (unpaired) electrons. The van der Waals surface area contributed by atoms with Crippen LogP contribution in [0.15, 0.2) is 97.6 Å². The average molecular weight is 1020 g/mol. The van der Waals surface area contributed by atoms with Crippen molar-refractivity contribution in [3.63, 3.8) is 0 Å². The third-order valence-electron chi connectivity index (χ3n) is 12.2. The number of carbonyl (C=O) groups is 2. The average Bonchev–Trinajstić information content (AvgIpc) is 3.36. The lowest BCUT2D eigenvalue weighted by atomic mass is 9.92. The maximum atomic E-state index is 12.0. The lowest BCUT2D eigenvalue weighted by Crippen LogP contribution is -2.38. The first-order chi connectivity index (χ1) is 34.6. The molecule has 0 aliphatic rings. The largest absolute Gasteiger partial charge is 0.488 e. The number of rotatable bonds is 26. The van der Waals surface area contributed by atoms with E-state index in [0.717, 1.165) is 38.9 Å². The van der Waals surface area contributed by atoms with Gasteiger partial charge in [0.05, 0.1) is 15.6 Å². The fourth-order valence-electron chi connectivity index (χ4n) is 8.15. The van der Waals surface area contributed by atoms with Crippen LogP contribution in [0.3, 0.4) is 0 Å². The zero-order valence-electron chi connectivity index (χ0n) is 40.3. The molecule has 0 amide bonds. The number of ether oxygens (including phenoxy) is 4. The van der Waals surface area contributed by atoms with Gasteiger partial charge in [-0.1, -0.05) is 59.6 Å². The van der Waals surface area contributed by atoms with Gasteiger partial charge in [-0.15, -0.1) is 0 Å². The van der Waals surface area contributed by atoms with E-state index in [0.29, 0.717) is 50.8 Å². The highest BCUT2D eigenvalue weighted by Crippen LogP contribution is 2.38. The number of hydrogen-bond acceptors (Lipinski definition) is 14. The minimum Gasteiger partial charge on any atom is -0.488 e. The quantitative estimate of drug-likeness (QED) is 0.0320. The summed E-state index contributed by atoms with van der Waals surface area (Å²) in [6.45, 7) is 4.15. The highest BCUT2D eigenvalue weighted by atomic mass is 35.5. The minimum absolute atomic E-state index is 0.0237.